The van der Waals surface area contributed by atoms with Crippen molar-refractivity contribution in [3.63, 3.8) is 0 Å². The van der Waals surface area contributed by atoms with E-state index in [9.17, 15) is 24.2 Å². The van der Waals surface area contributed by atoms with Gasteiger partial charge < -0.3 is 20.3 Å². The summed E-state index contributed by atoms with van der Waals surface area (Å²) >= 11 is 0. The average molecular weight is 484 g/mol. The summed E-state index contributed by atoms with van der Waals surface area (Å²) in [7, 11) is 0. The minimum Gasteiger partial charge on any atom is -0.481 e. The van der Waals surface area contributed by atoms with Crippen molar-refractivity contribution in [3.05, 3.63) is 77.2 Å². The molecule has 3 rings (SSSR count). The maximum atomic E-state index is 14.5. The number of hydrogen-bond donors (Lipinski definition) is 3. The van der Waals surface area contributed by atoms with Gasteiger partial charge in [-0.15, -0.1) is 0 Å². The number of hydrogen-bond acceptors (Lipinski definition) is 5. The molecular formula is C26H30FN3O5. The predicted molar refractivity (Wildman–Crippen MR) is 128 cm³/mol. The Kier molecular flexibility index (Phi) is 7.91. The van der Waals surface area contributed by atoms with Gasteiger partial charge in [-0.3, -0.25) is 9.59 Å². The number of aliphatic hydroxyl groups excluding tert-OH is 1. The van der Waals surface area contributed by atoms with E-state index in [-0.39, 0.29) is 30.3 Å². The molecule has 0 fully saturated rings. The lowest BCUT2D eigenvalue weighted by Gasteiger charge is -2.25. The smallest absolute Gasteiger partial charge is 0.305 e. The van der Waals surface area contributed by atoms with E-state index in [2.05, 4.69) is 10.4 Å². The minimum atomic E-state index is -1.07. The normalized spacial score (nSPS) is 13.2. The Morgan fingerprint density at radius 2 is 1.80 bits per heavy atom. The van der Waals surface area contributed by atoms with Gasteiger partial charge in [-0.05, 0) is 35.6 Å². The Morgan fingerprint density at radius 1 is 1.14 bits per heavy atom. The number of aryl methyl sites for hydroxylation is 1. The van der Waals surface area contributed by atoms with Crippen molar-refractivity contribution in [3.8, 4) is 11.6 Å². The number of carboxylic acid groups (broad SMARTS) is 1. The summed E-state index contributed by atoms with van der Waals surface area (Å²) in [4.78, 5) is 24.6. The molecule has 1 unspecified atom stereocenters. The number of amides is 1. The fourth-order valence-corrected chi connectivity index (χ4v) is 3.41. The fraction of sp³-hybridized carbons (Fsp3) is 0.346. The molecule has 35 heavy (non-hydrogen) atoms. The third-order valence-corrected chi connectivity index (χ3v) is 5.63. The number of aliphatic hydroxyl groups is 1. The summed E-state index contributed by atoms with van der Waals surface area (Å²) in [6, 6.07) is 13.6. The maximum Gasteiger partial charge on any atom is 0.305 e. The molecule has 1 amide bonds. The van der Waals surface area contributed by atoms with E-state index in [1.807, 2.05) is 39.8 Å². The van der Waals surface area contributed by atoms with Crippen molar-refractivity contribution < 1.29 is 28.9 Å². The number of aliphatic carboxylic acids is 1. The molecule has 0 radical (unpaired) electrons. The monoisotopic (exact) mass is 483 g/mol. The van der Waals surface area contributed by atoms with Crippen LogP contribution in [0.5, 0.6) is 5.88 Å². The molecule has 0 saturated carbocycles. The summed E-state index contributed by atoms with van der Waals surface area (Å²) < 4.78 is 21.4. The lowest BCUT2D eigenvalue weighted by molar-refractivity contribution is -0.137. The topological polar surface area (TPSA) is 114 Å². The first kappa shape index (κ1) is 25.9. The van der Waals surface area contributed by atoms with Crippen LogP contribution in [-0.4, -0.2) is 44.6 Å². The molecule has 8 nitrogen and oxygen atoms in total. The zero-order valence-corrected chi connectivity index (χ0v) is 20.2. The molecule has 0 saturated heterocycles. The van der Waals surface area contributed by atoms with Crippen LogP contribution in [-0.2, 0) is 4.79 Å². The number of carbonyl (C=O) groups is 2. The van der Waals surface area contributed by atoms with Crippen LogP contribution in [0.15, 0.2) is 54.6 Å². The second kappa shape index (κ2) is 10.7. The number of benzene rings is 2. The fourth-order valence-electron chi connectivity index (χ4n) is 3.41. The van der Waals surface area contributed by atoms with E-state index < -0.39 is 35.3 Å². The van der Waals surface area contributed by atoms with Crippen molar-refractivity contribution in [2.45, 2.75) is 46.3 Å². The highest BCUT2D eigenvalue weighted by Gasteiger charge is 2.26. The van der Waals surface area contributed by atoms with E-state index in [0.29, 0.717) is 5.56 Å². The molecule has 2 atom stereocenters. The molecule has 0 bridgehead atoms. The zero-order valence-electron chi connectivity index (χ0n) is 20.2. The molecule has 0 aliphatic heterocycles. The number of para-hydroxylation sites is 1. The molecule has 186 valence electrons. The van der Waals surface area contributed by atoms with Crippen LogP contribution in [0.2, 0.25) is 0 Å². The minimum absolute atomic E-state index is 0.0628. The van der Waals surface area contributed by atoms with Crippen LogP contribution in [0, 0.1) is 18.2 Å². The van der Waals surface area contributed by atoms with Gasteiger partial charge in [0.25, 0.3) is 5.91 Å². The van der Waals surface area contributed by atoms with Gasteiger partial charge in [0.1, 0.15) is 18.1 Å². The van der Waals surface area contributed by atoms with Gasteiger partial charge in [-0.1, -0.05) is 57.2 Å². The van der Waals surface area contributed by atoms with E-state index >= 15 is 0 Å². The van der Waals surface area contributed by atoms with E-state index in [1.165, 1.54) is 24.3 Å². The number of carbonyl (C=O) groups excluding carboxylic acids is 1. The number of carboxylic acids is 1. The number of halogens is 1. The van der Waals surface area contributed by atoms with Crippen molar-refractivity contribution >= 4 is 11.9 Å². The molecule has 2 aromatic carbocycles. The standard InChI is InChI=1S/C26H30FN3O5/c1-16-9-5-6-10-17(16)19(14-24(32)33)28-25(34)20-13-23(35-15-22(31)26(2,3)4)30(29-20)21-12-8-7-11-18(21)27/h5-13,19,22,31H,14-15H2,1-4H3,(H,28,34)(H,32,33)/t19-,22?/m0/s1. The highest BCUT2D eigenvalue weighted by molar-refractivity contribution is 5.93. The van der Waals surface area contributed by atoms with Crippen LogP contribution in [0.1, 0.15) is 54.8 Å². The third kappa shape index (κ3) is 6.45. The van der Waals surface area contributed by atoms with Crippen LogP contribution >= 0.6 is 0 Å². The first-order valence-electron chi connectivity index (χ1n) is 11.2. The van der Waals surface area contributed by atoms with Gasteiger partial charge in [-0.25, -0.2) is 4.39 Å². The Morgan fingerprint density at radius 3 is 2.43 bits per heavy atom. The van der Waals surface area contributed by atoms with Crippen molar-refractivity contribution in [2.75, 3.05) is 6.61 Å². The molecule has 0 spiro atoms. The maximum absolute atomic E-state index is 14.5. The average Bonchev–Trinajstić information content (AvgIpc) is 3.21. The first-order valence-corrected chi connectivity index (χ1v) is 11.2. The summed E-state index contributed by atoms with van der Waals surface area (Å²) in [6.45, 7) is 7.28. The SMILES string of the molecule is Cc1ccccc1[C@H](CC(=O)O)NC(=O)c1cc(OCC(O)C(C)(C)C)n(-c2ccccc2F)n1. The van der Waals surface area contributed by atoms with E-state index in [1.54, 1.807) is 18.2 Å². The van der Waals surface area contributed by atoms with E-state index in [0.717, 1.165) is 10.2 Å². The molecule has 0 aliphatic rings. The van der Waals surface area contributed by atoms with Gasteiger partial charge in [-0.2, -0.15) is 9.78 Å². The van der Waals surface area contributed by atoms with Gasteiger partial charge in [0.15, 0.2) is 5.69 Å². The Hall–Kier alpha value is -3.72. The van der Waals surface area contributed by atoms with Crippen molar-refractivity contribution in [1.29, 1.82) is 0 Å². The Labute approximate surface area is 203 Å². The van der Waals surface area contributed by atoms with Crippen molar-refractivity contribution in [1.82, 2.24) is 15.1 Å². The van der Waals surface area contributed by atoms with Crippen LogP contribution in [0.4, 0.5) is 4.39 Å². The molecule has 1 heterocycles. The summed E-state index contributed by atoms with van der Waals surface area (Å²) in [5.41, 5.74) is 1.02. The number of nitrogens with one attached hydrogen (secondary N) is 1. The highest BCUT2D eigenvalue weighted by Crippen LogP contribution is 2.26. The van der Waals surface area contributed by atoms with Crippen molar-refractivity contribution in [2.24, 2.45) is 5.41 Å². The zero-order chi connectivity index (χ0) is 25.8. The number of ether oxygens (including phenoxy) is 1. The lowest BCUT2D eigenvalue weighted by atomic mass is 9.90. The first-order chi connectivity index (χ1) is 16.5. The van der Waals surface area contributed by atoms with Crippen LogP contribution in [0.3, 0.4) is 0 Å². The molecule has 3 N–H and O–H groups in total. The second-order valence-corrected chi connectivity index (χ2v) is 9.40. The molecular weight excluding hydrogens is 453 g/mol. The van der Waals surface area contributed by atoms with E-state index in [4.69, 9.17) is 4.74 Å². The Balaban J connectivity index is 1.94. The van der Waals surface area contributed by atoms with Gasteiger partial charge in [0, 0.05) is 6.07 Å². The summed E-state index contributed by atoms with van der Waals surface area (Å²) in [6.07, 6.45) is -1.16. The van der Waals surface area contributed by atoms with Gasteiger partial charge in [0.2, 0.25) is 5.88 Å². The quantitative estimate of drug-likeness (QED) is 0.423. The predicted octanol–water partition coefficient (Wildman–Crippen LogP) is 4.05. The number of rotatable bonds is 9. The number of nitrogens with zero attached hydrogens (tertiary/aromatic N) is 2. The molecule has 0 aliphatic carbocycles. The summed E-state index contributed by atoms with van der Waals surface area (Å²) in [5, 5.41) is 26.7. The number of aromatic nitrogens is 2. The Bertz CT molecular complexity index is 1200. The molecule has 3 aromatic rings. The second-order valence-electron chi connectivity index (χ2n) is 9.40. The van der Waals surface area contributed by atoms with Crippen LogP contribution in [0.25, 0.3) is 5.69 Å². The molecule has 9 heteroatoms. The third-order valence-electron chi connectivity index (χ3n) is 5.63. The molecule has 1 aromatic heterocycles. The lowest BCUT2D eigenvalue weighted by Crippen LogP contribution is -2.32. The van der Waals surface area contributed by atoms with Gasteiger partial charge >= 0.3 is 5.97 Å². The van der Waals surface area contributed by atoms with Gasteiger partial charge in [0.05, 0.1) is 18.6 Å². The van der Waals surface area contributed by atoms with Crippen LogP contribution < -0.4 is 10.1 Å². The largest absolute Gasteiger partial charge is 0.481 e. The highest BCUT2D eigenvalue weighted by atomic mass is 19.1. The summed E-state index contributed by atoms with van der Waals surface area (Å²) in [5.74, 6) is -2.23.